The molecular weight excluding hydrogens is 204 g/mol. The van der Waals surface area contributed by atoms with Gasteiger partial charge in [-0.15, -0.1) is 0 Å². The van der Waals surface area contributed by atoms with Crippen LogP contribution in [0.4, 0.5) is 0 Å². The zero-order valence-electron chi connectivity index (χ0n) is 9.18. The molecule has 0 saturated carbocycles. The number of ether oxygens (including phenoxy) is 1. The van der Waals surface area contributed by atoms with Crippen LogP contribution >= 0.6 is 0 Å². The van der Waals surface area contributed by atoms with Gasteiger partial charge in [-0.2, -0.15) is 0 Å². The van der Waals surface area contributed by atoms with E-state index in [4.69, 9.17) is 0 Å². The predicted molar refractivity (Wildman–Crippen MR) is 61.9 cm³/mol. The smallest absolute Gasteiger partial charge is 0.305 e. The standard InChI is InChI=1S/C13H14O3/c1-16-13(15)9-8-12-6-3-2-5-11(12)7-4-10-14/h2-7,10H,8-9H2,1H3. The zero-order valence-corrected chi connectivity index (χ0v) is 9.18. The summed E-state index contributed by atoms with van der Waals surface area (Å²) in [6.45, 7) is 0. The van der Waals surface area contributed by atoms with Crippen LogP contribution in [0.3, 0.4) is 0 Å². The van der Waals surface area contributed by atoms with E-state index in [2.05, 4.69) is 4.74 Å². The summed E-state index contributed by atoms with van der Waals surface area (Å²) in [6.07, 6.45) is 4.88. The van der Waals surface area contributed by atoms with Crippen LogP contribution in [-0.2, 0) is 20.7 Å². The van der Waals surface area contributed by atoms with E-state index in [9.17, 15) is 9.59 Å². The van der Waals surface area contributed by atoms with Gasteiger partial charge >= 0.3 is 5.97 Å². The van der Waals surface area contributed by atoms with Crippen LogP contribution in [0.5, 0.6) is 0 Å². The number of esters is 1. The first-order chi connectivity index (χ1) is 7.77. The number of rotatable bonds is 5. The molecule has 84 valence electrons. The van der Waals surface area contributed by atoms with Crippen LogP contribution in [0.2, 0.25) is 0 Å². The van der Waals surface area contributed by atoms with Crippen molar-refractivity contribution >= 4 is 18.3 Å². The number of allylic oxidation sites excluding steroid dienone is 1. The Kier molecular flexibility index (Phi) is 4.99. The van der Waals surface area contributed by atoms with Gasteiger partial charge in [-0.05, 0) is 23.6 Å². The highest BCUT2D eigenvalue weighted by Crippen LogP contribution is 2.12. The molecule has 0 saturated heterocycles. The molecule has 3 nitrogen and oxygen atoms in total. The summed E-state index contributed by atoms with van der Waals surface area (Å²) in [7, 11) is 1.38. The monoisotopic (exact) mass is 218 g/mol. The van der Waals surface area contributed by atoms with Gasteiger partial charge in [0.1, 0.15) is 6.29 Å². The summed E-state index contributed by atoms with van der Waals surface area (Å²) in [4.78, 5) is 21.3. The van der Waals surface area contributed by atoms with Crippen LogP contribution in [0.25, 0.3) is 6.08 Å². The maximum Gasteiger partial charge on any atom is 0.305 e. The fraction of sp³-hybridized carbons (Fsp3) is 0.231. The summed E-state index contributed by atoms with van der Waals surface area (Å²) in [5.41, 5.74) is 1.99. The van der Waals surface area contributed by atoms with Crippen molar-refractivity contribution in [1.82, 2.24) is 0 Å². The lowest BCUT2D eigenvalue weighted by Crippen LogP contribution is -2.02. The van der Waals surface area contributed by atoms with E-state index in [0.717, 1.165) is 17.4 Å². The second-order valence-corrected chi connectivity index (χ2v) is 3.27. The van der Waals surface area contributed by atoms with Gasteiger partial charge in [0.2, 0.25) is 0 Å². The first-order valence-electron chi connectivity index (χ1n) is 5.04. The van der Waals surface area contributed by atoms with Crippen molar-refractivity contribution in [1.29, 1.82) is 0 Å². The quantitative estimate of drug-likeness (QED) is 0.431. The first-order valence-corrected chi connectivity index (χ1v) is 5.04. The number of methoxy groups -OCH3 is 1. The van der Waals surface area contributed by atoms with E-state index in [1.807, 2.05) is 24.3 Å². The molecule has 0 N–H and O–H groups in total. The van der Waals surface area contributed by atoms with E-state index in [1.54, 1.807) is 6.08 Å². The third-order valence-electron chi connectivity index (χ3n) is 2.24. The normalized spacial score (nSPS) is 10.3. The molecule has 1 rings (SSSR count). The van der Waals surface area contributed by atoms with Gasteiger partial charge in [0, 0.05) is 6.42 Å². The van der Waals surface area contributed by atoms with E-state index in [-0.39, 0.29) is 5.97 Å². The molecule has 0 unspecified atom stereocenters. The number of aryl methyl sites for hydroxylation is 1. The minimum atomic E-state index is -0.228. The summed E-state index contributed by atoms with van der Waals surface area (Å²) >= 11 is 0. The number of hydrogen-bond donors (Lipinski definition) is 0. The Balaban J connectivity index is 2.74. The van der Waals surface area contributed by atoms with Crippen molar-refractivity contribution in [2.75, 3.05) is 7.11 Å². The maximum absolute atomic E-state index is 11.0. The van der Waals surface area contributed by atoms with Crippen molar-refractivity contribution in [3.8, 4) is 0 Å². The minimum absolute atomic E-state index is 0.228. The highest BCUT2D eigenvalue weighted by molar-refractivity contribution is 5.75. The van der Waals surface area contributed by atoms with Crippen LogP contribution in [0.15, 0.2) is 30.3 Å². The van der Waals surface area contributed by atoms with Gasteiger partial charge in [-0.25, -0.2) is 0 Å². The summed E-state index contributed by atoms with van der Waals surface area (Å²) in [5, 5.41) is 0. The molecule has 0 aliphatic carbocycles. The Morgan fingerprint density at radius 2 is 2.12 bits per heavy atom. The molecule has 0 heterocycles. The molecular formula is C13H14O3. The Bertz CT molecular complexity index is 394. The second-order valence-electron chi connectivity index (χ2n) is 3.27. The van der Waals surface area contributed by atoms with Crippen molar-refractivity contribution in [3.05, 3.63) is 41.5 Å². The van der Waals surface area contributed by atoms with Gasteiger partial charge in [0.05, 0.1) is 7.11 Å². The van der Waals surface area contributed by atoms with Crippen LogP contribution < -0.4 is 0 Å². The van der Waals surface area contributed by atoms with Crippen molar-refractivity contribution in [2.24, 2.45) is 0 Å². The molecule has 1 aromatic carbocycles. The van der Waals surface area contributed by atoms with Crippen molar-refractivity contribution < 1.29 is 14.3 Å². The molecule has 0 fully saturated rings. The van der Waals surface area contributed by atoms with Gasteiger partial charge in [0.15, 0.2) is 0 Å². The minimum Gasteiger partial charge on any atom is -0.469 e. The number of carbonyl (C=O) groups is 2. The van der Waals surface area contributed by atoms with Crippen molar-refractivity contribution in [2.45, 2.75) is 12.8 Å². The van der Waals surface area contributed by atoms with E-state index >= 15 is 0 Å². The molecule has 1 aromatic rings. The Hall–Kier alpha value is -1.90. The van der Waals surface area contributed by atoms with Crippen LogP contribution in [0, 0.1) is 0 Å². The van der Waals surface area contributed by atoms with E-state index in [0.29, 0.717) is 12.8 Å². The molecule has 3 heteroatoms. The predicted octanol–water partition coefficient (Wildman–Crippen LogP) is 2.00. The average molecular weight is 218 g/mol. The fourth-order valence-corrected chi connectivity index (χ4v) is 1.41. The highest BCUT2D eigenvalue weighted by Gasteiger charge is 2.03. The summed E-state index contributed by atoms with van der Waals surface area (Å²) in [5.74, 6) is -0.228. The van der Waals surface area contributed by atoms with Crippen molar-refractivity contribution in [3.63, 3.8) is 0 Å². The Morgan fingerprint density at radius 3 is 2.81 bits per heavy atom. The highest BCUT2D eigenvalue weighted by atomic mass is 16.5. The first kappa shape index (κ1) is 12.2. The number of hydrogen-bond acceptors (Lipinski definition) is 3. The third-order valence-corrected chi connectivity index (χ3v) is 2.24. The van der Waals surface area contributed by atoms with Gasteiger partial charge < -0.3 is 4.74 Å². The van der Waals surface area contributed by atoms with Gasteiger partial charge in [0.25, 0.3) is 0 Å². The molecule has 0 radical (unpaired) electrons. The lowest BCUT2D eigenvalue weighted by atomic mass is 10.0. The Labute approximate surface area is 94.7 Å². The number of carbonyl (C=O) groups excluding carboxylic acids is 2. The molecule has 0 bridgehead atoms. The van der Waals surface area contributed by atoms with Gasteiger partial charge in [-0.3, -0.25) is 9.59 Å². The molecule has 0 aliphatic rings. The van der Waals surface area contributed by atoms with E-state index < -0.39 is 0 Å². The SMILES string of the molecule is COC(=O)CCc1ccccc1C=CC=O. The number of benzene rings is 1. The fourth-order valence-electron chi connectivity index (χ4n) is 1.41. The van der Waals surface area contributed by atoms with E-state index in [1.165, 1.54) is 13.2 Å². The van der Waals surface area contributed by atoms with Gasteiger partial charge in [-0.1, -0.05) is 30.3 Å². The lowest BCUT2D eigenvalue weighted by Gasteiger charge is -2.04. The lowest BCUT2D eigenvalue weighted by molar-refractivity contribution is -0.140. The molecule has 0 atom stereocenters. The third kappa shape index (κ3) is 3.69. The average Bonchev–Trinajstić information content (AvgIpc) is 2.34. The molecule has 0 aromatic heterocycles. The van der Waals surface area contributed by atoms with Crippen LogP contribution in [-0.4, -0.2) is 19.4 Å². The van der Waals surface area contributed by atoms with Crippen LogP contribution in [0.1, 0.15) is 17.5 Å². The largest absolute Gasteiger partial charge is 0.469 e. The molecule has 0 amide bonds. The molecule has 16 heavy (non-hydrogen) atoms. The number of aldehydes is 1. The maximum atomic E-state index is 11.0. The Morgan fingerprint density at radius 1 is 1.38 bits per heavy atom. The molecule has 0 spiro atoms. The zero-order chi connectivity index (χ0) is 11.8. The summed E-state index contributed by atoms with van der Waals surface area (Å²) < 4.78 is 4.58. The topological polar surface area (TPSA) is 43.4 Å². The second kappa shape index (κ2) is 6.56. The summed E-state index contributed by atoms with van der Waals surface area (Å²) in [6, 6.07) is 7.65. The molecule has 0 aliphatic heterocycles.